The monoisotopic (exact) mass is 304 g/mol. The first kappa shape index (κ1) is 15.4. The number of nitrogens with zero attached hydrogens (tertiary/aromatic N) is 2. The maximum absolute atomic E-state index is 12.7. The van der Waals surface area contributed by atoms with Crippen LogP contribution in [0.25, 0.3) is 0 Å². The fourth-order valence-corrected chi connectivity index (χ4v) is 2.32. The first-order valence-electron chi connectivity index (χ1n) is 6.41. The van der Waals surface area contributed by atoms with Gasteiger partial charge in [0.2, 0.25) is 11.8 Å². The van der Waals surface area contributed by atoms with Crippen LogP contribution >= 0.6 is 0 Å². The van der Waals surface area contributed by atoms with Crippen LogP contribution in [0.1, 0.15) is 18.6 Å². The Hall–Kier alpha value is -1.99. The lowest BCUT2D eigenvalue weighted by molar-refractivity contribution is -0.165. The van der Waals surface area contributed by atoms with E-state index in [0.29, 0.717) is 4.90 Å². The number of carbonyl (C=O) groups excluding carboxylic acids is 2. The van der Waals surface area contributed by atoms with Gasteiger partial charge in [0.1, 0.15) is 18.3 Å². The summed E-state index contributed by atoms with van der Waals surface area (Å²) in [7, 11) is 1.43. The number of likely N-dealkylation sites (tertiary alicyclic amines) is 1. The van der Waals surface area contributed by atoms with Crippen LogP contribution < -0.4 is 0 Å². The van der Waals surface area contributed by atoms with Crippen molar-refractivity contribution in [3.05, 3.63) is 24.2 Å². The Kier molecular flexibility index (Phi) is 4.24. The van der Waals surface area contributed by atoms with Crippen LogP contribution in [0.15, 0.2) is 22.8 Å². The van der Waals surface area contributed by atoms with E-state index in [2.05, 4.69) is 0 Å². The van der Waals surface area contributed by atoms with E-state index in [0.717, 1.165) is 0 Å². The molecule has 0 aliphatic carbocycles. The maximum atomic E-state index is 12.7. The van der Waals surface area contributed by atoms with Crippen molar-refractivity contribution < 1.29 is 27.2 Å². The molecule has 2 amide bonds. The Morgan fingerprint density at radius 2 is 2.24 bits per heavy atom. The summed E-state index contributed by atoms with van der Waals surface area (Å²) < 4.78 is 42.9. The van der Waals surface area contributed by atoms with Crippen molar-refractivity contribution in [2.24, 2.45) is 0 Å². The van der Waals surface area contributed by atoms with Crippen LogP contribution in [0.4, 0.5) is 13.2 Å². The van der Waals surface area contributed by atoms with Gasteiger partial charge < -0.3 is 14.2 Å². The second-order valence-electron chi connectivity index (χ2n) is 4.95. The molecule has 1 aromatic rings. The third-order valence-corrected chi connectivity index (χ3v) is 3.39. The predicted octanol–water partition coefficient (Wildman–Crippen LogP) is 1.79. The number of hydrogen-bond acceptors (Lipinski definition) is 3. The van der Waals surface area contributed by atoms with Crippen LogP contribution in [0.2, 0.25) is 0 Å². The minimum absolute atomic E-state index is 0.174. The van der Waals surface area contributed by atoms with Crippen molar-refractivity contribution >= 4 is 11.8 Å². The minimum atomic E-state index is -4.51. The first-order chi connectivity index (χ1) is 9.78. The highest BCUT2D eigenvalue weighted by Crippen LogP contribution is 2.23. The van der Waals surface area contributed by atoms with Crippen LogP contribution in [0.3, 0.4) is 0 Å². The van der Waals surface area contributed by atoms with Crippen molar-refractivity contribution in [3.63, 3.8) is 0 Å². The molecule has 1 fully saturated rings. The molecule has 0 radical (unpaired) electrons. The quantitative estimate of drug-likeness (QED) is 0.852. The van der Waals surface area contributed by atoms with Gasteiger partial charge in [-0.1, -0.05) is 0 Å². The molecule has 1 aliphatic heterocycles. The Morgan fingerprint density at radius 1 is 1.52 bits per heavy atom. The van der Waals surface area contributed by atoms with E-state index >= 15 is 0 Å². The van der Waals surface area contributed by atoms with E-state index in [1.165, 1.54) is 30.3 Å². The van der Waals surface area contributed by atoms with Gasteiger partial charge in [-0.25, -0.2) is 0 Å². The highest BCUT2D eigenvalue weighted by atomic mass is 19.4. The van der Waals surface area contributed by atoms with E-state index in [4.69, 9.17) is 4.42 Å². The number of likely N-dealkylation sites (N-methyl/N-ethyl adjacent to an activating group) is 1. The van der Waals surface area contributed by atoms with Gasteiger partial charge in [0.15, 0.2) is 0 Å². The summed E-state index contributed by atoms with van der Waals surface area (Å²) in [5, 5.41) is 0. The Labute approximate surface area is 119 Å². The smallest absolute Gasteiger partial charge is 0.406 e. The molecule has 21 heavy (non-hydrogen) atoms. The van der Waals surface area contributed by atoms with Gasteiger partial charge in [-0.15, -0.1) is 0 Å². The van der Waals surface area contributed by atoms with Crippen molar-refractivity contribution in [2.75, 3.05) is 13.6 Å². The van der Waals surface area contributed by atoms with Crippen LogP contribution in [-0.4, -0.2) is 47.4 Å². The van der Waals surface area contributed by atoms with Crippen LogP contribution in [-0.2, 0) is 16.1 Å². The van der Waals surface area contributed by atoms with E-state index in [9.17, 15) is 22.8 Å². The molecule has 1 saturated heterocycles. The molecular formula is C13H15F3N2O3. The number of halogens is 3. The SMILES string of the molecule is CN1C(=O)CCC1C(=O)N(Cc1ccco1)CC(F)(F)F. The van der Waals surface area contributed by atoms with Gasteiger partial charge in [0.25, 0.3) is 0 Å². The summed E-state index contributed by atoms with van der Waals surface area (Å²) in [5.74, 6) is -0.685. The predicted molar refractivity (Wildman–Crippen MR) is 66.0 cm³/mol. The van der Waals surface area contributed by atoms with Crippen molar-refractivity contribution in [1.29, 1.82) is 0 Å². The summed E-state index contributed by atoms with van der Waals surface area (Å²) in [6, 6.07) is 2.20. The zero-order valence-corrected chi connectivity index (χ0v) is 11.4. The average molecular weight is 304 g/mol. The zero-order valence-electron chi connectivity index (χ0n) is 11.4. The molecule has 1 aliphatic rings. The summed E-state index contributed by atoms with van der Waals surface area (Å²) in [6.07, 6.45) is -2.77. The third-order valence-electron chi connectivity index (χ3n) is 3.39. The Morgan fingerprint density at radius 3 is 2.71 bits per heavy atom. The summed E-state index contributed by atoms with van der Waals surface area (Å²) in [6.45, 7) is -1.64. The molecular weight excluding hydrogens is 289 g/mol. The van der Waals surface area contributed by atoms with E-state index < -0.39 is 24.7 Å². The normalized spacial score (nSPS) is 19.1. The largest absolute Gasteiger partial charge is 0.467 e. The fraction of sp³-hybridized carbons (Fsp3) is 0.538. The molecule has 116 valence electrons. The molecule has 0 spiro atoms. The van der Waals surface area contributed by atoms with Gasteiger partial charge in [0, 0.05) is 13.5 Å². The topological polar surface area (TPSA) is 53.8 Å². The average Bonchev–Trinajstić information content (AvgIpc) is 2.98. The fourth-order valence-electron chi connectivity index (χ4n) is 2.32. The molecule has 0 N–H and O–H groups in total. The number of carbonyl (C=O) groups is 2. The lowest BCUT2D eigenvalue weighted by Gasteiger charge is -2.28. The lowest BCUT2D eigenvalue weighted by Crippen LogP contribution is -2.47. The standard InChI is InChI=1S/C13H15F3N2O3/c1-17-10(4-5-11(17)19)12(20)18(8-13(14,15)16)7-9-3-2-6-21-9/h2-3,6,10H,4-5,7-8H2,1H3. The molecule has 0 aromatic carbocycles. The number of rotatable bonds is 4. The summed E-state index contributed by atoms with van der Waals surface area (Å²) in [4.78, 5) is 25.6. The van der Waals surface area contributed by atoms with Crippen molar-refractivity contribution in [1.82, 2.24) is 9.80 Å². The van der Waals surface area contributed by atoms with Crippen LogP contribution in [0, 0.1) is 0 Å². The Bertz CT molecular complexity index is 513. The molecule has 5 nitrogen and oxygen atoms in total. The van der Waals surface area contributed by atoms with Crippen molar-refractivity contribution in [3.8, 4) is 0 Å². The molecule has 1 aromatic heterocycles. The summed E-state index contributed by atoms with van der Waals surface area (Å²) in [5.41, 5.74) is 0. The molecule has 1 atom stereocenters. The summed E-state index contributed by atoms with van der Waals surface area (Å²) >= 11 is 0. The van der Waals surface area contributed by atoms with E-state index in [1.54, 1.807) is 0 Å². The zero-order chi connectivity index (χ0) is 15.6. The van der Waals surface area contributed by atoms with Crippen molar-refractivity contribution in [2.45, 2.75) is 31.6 Å². The van der Waals surface area contributed by atoms with E-state index in [-0.39, 0.29) is 31.1 Å². The third kappa shape index (κ3) is 3.77. The molecule has 8 heteroatoms. The second-order valence-corrected chi connectivity index (χ2v) is 4.95. The molecule has 0 saturated carbocycles. The number of hydrogen-bond donors (Lipinski definition) is 0. The number of alkyl halides is 3. The molecule has 2 rings (SSSR count). The second kappa shape index (κ2) is 5.79. The van der Waals surface area contributed by atoms with Crippen LogP contribution in [0.5, 0.6) is 0 Å². The molecule has 2 heterocycles. The molecule has 0 bridgehead atoms. The number of amides is 2. The molecule has 1 unspecified atom stereocenters. The Balaban J connectivity index is 2.14. The van der Waals surface area contributed by atoms with Gasteiger partial charge in [-0.3, -0.25) is 9.59 Å². The van der Waals surface area contributed by atoms with Gasteiger partial charge in [-0.2, -0.15) is 13.2 Å². The highest BCUT2D eigenvalue weighted by molar-refractivity contribution is 5.90. The highest BCUT2D eigenvalue weighted by Gasteiger charge is 2.40. The van der Waals surface area contributed by atoms with Gasteiger partial charge in [-0.05, 0) is 18.6 Å². The lowest BCUT2D eigenvalue weighted by atomic mass is 10.2. The first-order valence-corrected chi connectivity index (χ1v) is 6.41. The van der Waals surface area contributed by atoms with E-state index in [1.807, 2.05) is 0 Å². The van der Waals surface area contributed by atoms with Gasteiger partial charge >= 0.3 is 6.18 Å². The number of furan rings is 1. The van der Waals surface area contributed by atoms with Gasteiger partial charge in [0.05, 0.1) is 12.8 Å². The minimum Gasteiger partial charge on any atom is -0.467 e. The maximum Gasteiger partial charge on any atom is 0.406 e.